The van der Waals surface area contributed by atoms with E-state index in [2.05, 4.69) is 10.6 Å². The molecule has 1 fully saturated rings. The van der Waals surface area contributed by atoms with Crippen LogP contribution in [0.5, 0.6) is 0 Å². The van der Waals surface area contributed by atoms with Gasteiger partial charge >= 0.3 is 0 Å². The lowest BCUT2D eigenvalue weighted by Gasteiger charge is -2.33. The summed E-state index contributed by atoms with van der Waals surface area (Å²) in [6.07, 6.45) is 0.338. The van der Waals surface area contributed by atoms with E-state index in [0.29, 0.717) is 37.6 Å². The van der Waals surface area contributed by atoms with Gasteiger partial charge in [0.1, 0.15) is 6.61 Å². The Morgan fingerprint density at radius 1 is 1.39 bits per heavy atom. The van der Waals surface area contributed by atoms with Crippen LogP contribution in [-0.4, -0.2) is 56.1 Å². The quantitative estimate of drug-likeness (QED) is 0.804. The second kappa shape index (κ2) is 8.86. The van der Waals surface area contributed by atoms with Gasteiger partial charge in [0.15, 0.2) is 0 Å². The first-order valence-corrected chi connectivity index (χ1v) is 7.97. The molecule has 1 unspecified atom stereocenters. The number of hydrogen-bond donors (Lipinski definition) is 2. The number of amides is 2. The van der Waals surface area contributed by atoms with Gasteiger partial charge in [-0.1, -0.05) is 23.7 Å². The van der Waals surface area contributed by atoms with E-state index in [4.69, 9.17) is 16.3 Å². The lowest BCUT2D eigenvalue weighted by atomic mass is 10.1. The van der Waals surface area contributed by atoms with Crippen LogP contribution >= 0.6 is 11.6 Å². The molecule has 1 aliphatic rings. The van der Waals surface area contributed by atoms with Gasteiger partial charge in [-0.15, -0.1) is 0 Å². The first kappa shape index (κ1) is 17.7. The smallest absolute Gasteiger partial charge is 0.248 e. The van der Waals surface area contributed by atoms with Crippen LogP contribution in [0.15, 0.2) is 24.3 Å². The molecule has 7 heteroatoms. The minimum atomic E-state index is -0.0431. The molecular weight excluding hydrogens is 318 g/mol. The van der Waals surface area contributed by atoms with Crippen molar-refractivity contribution in [3.63, 3.8) is 0 Å². The number of carbonyl (C=O) groups excluding carboxylic acids is 2. The van der Waals surface area contributed by atoms with Gasteiger partial charge in [-0.3, -0.25) is 9.59 Å². The number of piperazine rings is 1. The zero-order chi connectivity index (χ0) is 16.7. The summed E-state index contributed by atoms with van der Waals surface area (Å²) in [6, 6.07) is 7.32. The molecular formula is C16H22ClN3O3. The molecule has 6 nitrogen and oxygen atoms in total. The Labute approximate surface area is 141 Å². The molecule has 1 heterocycles. The van der Waals surface area contributed by atoms with Crippen LogP contribution < -0.4 is 10.6 Å². The second-order valence-corrected chi connectivity index (χ2v) is 5.97. The van der Waals surface area contributed by atoms with Crippen molar-refractivity contribution in [2.45, 2.75) is 19.0 Å². The molecule has 1 saturated heterocycles. The summed E-state index contributed by atoms with van der Waals surface area (Å²) in [4.78, 5) is 25.6. The Hall–Kier alpha value is -1.63. The molecule has 1 aromatic rings. The molecule has 0 aliphatic carbocycles. The highest BCUT2D eigenvalue weighted by Crippen LogP contribution is 2.09. The highest BCUT2D eigenvalue weighted by Gasteiger charge is 2.24. The maximum atomic E-state index is 12.0. The standard InChI is InChI=1S/C16H22ClN3O3/c1-23-11-16(22)20-7-6-18-14(10-20)8-15(21)19-9-12-2-4-13(17)5-3-12/h2-5,14,18H,6-11H2,1H3,(H,19,21). The van der Waals surface area contributed by atoms with Crippen molar-refractivity contribution in [1.82, 2.24) is 15.5 Å². The lowest BCUT2D eigenvalue weighted by molar-refractivity contribution is -0.137. The van der Waals surface area contributed by atoms with Crippen LogP contribution in [0.3, 0.4) is 0 Å². The summed E-state index contributed by atoms with van der Waals surface area (Å²) < 4.78 is 4.87. The number of benzene rings is 1. The SMILES string of the molecule is COCC(=O)N1CCNC(CC(=O)NCc2ccc(Cl)cc2)C1. The highest BCUT2D eigenvalue weighted by molar-refractivity contribution is 6.30. The topological polar surface area (TPSA) is 70.7 Å². The van der Waals surface area contributed by atoms with Crippen molar-refractivity contribution in [2.24, 2.45) is 0 Å². The molecule has 1 aromatic carbocycles. The van der Waals surface area contributed by atoms with E-state index < -0.39 is 0 Å². The third-order valence-electron chi connectivity index (χ3n) is 3.71. The summed E-state index contributed by atoms with van der Waals surface area (Å²) in [6.45, 7) is 2.40. The molecule has 23 heavy (non-hydrogen) atoms. The number of methoxy groups -OCH3 is 1. The van der Waals surface area contributed by atoms with Crippen LogP contribution in [0.4, 0.5) is 0 Å². The Bertz CT molecular complexity index is 536. The number of nitrogens with zero attached hydrogens (tertiary/aromatic N) is 1. The number of halogens is 1. The largest absolute Gasteiger partial charge is 0.375 e. The van der Waals surface area contributed by atoms with Gasteiger partial charge in [0.25, 0.3) is 0 Å². The van der Waals surface area contributed by atoms with E-state index >= 15 is 0 Å². The zero-order valence-electron chi connectivity index (χ0n) is 13.2. The van der Waals surface area contributed by atoms with E-state index in [-0.39, 0.29) is 24.5 Å². The van der Waals surface area contributed by atoms with Crippen LogP contribution in [0.2, 0.25) is 5.02 Å². The van der Waals surface area contributed by atoms with E-state index in [1.807, 2.05) is 12.1 Å². The molecule has 126 valence electrons. The Balaban J connectivity index is 1.76. The molecule has 0 radical (unpaired) electrons. The summed E-state index contributed by atoms with van der Waals surface area (Å²) in [5.74, 6) is -0.0842. The Kier molecular flexibility index (Phi) is 6.83. The molecule has 2 amide bonds. The minimum absolute atomic E-state index is 0.0326. The number of carbonyl (C=O) groups is 2. The summed E-state index contributed by atoms with van der Waals surface area (Å²) in [5.41, 5.74) is 0.997. The molecule has 1 aliphatic heterocycles. The van der Waals surface area contributed by atoms with Crippen molar-refractivity contribution in [2.75, 3.05) is 33.4 Å². The highest BCUT2D eigenvalue weighted by atomic mass is 35.5. The summed E-state index contributed by atoms with van der Waals surface area (Å²) in [7, 11) is 1.50. The van der Waals surface area contributed by atoms with Gasteiger partial charge in [-0.2, -0.15) is 0 Å². The number of nitrogens with one attached hydrogen (secondary N) is 2. The number of hydrogen-bond acceptors (Lipinski definition) is 4. The second-order valence-electron chi connectivity index (χ2n) is 5.53. The molecule has 2 rings (SSSR count). The van der Waals surface area contributed by atoms with Crippen molar-refractivity contribution in [1.29, 1.82) is 0 Å². The molecule has 0 saturated carbocycles. The zero-order valence-corrected chi connectivity index (χ0v) is 13.9. The number of rotatable bonds is 6. The monoisotopic (exact) mass is 339 g/mol. The summed E-state index contributed by atoms with van der Waals surface area (Å²) in [5, 5.41) is 6.83. The predicted octanol–water partition coefficient (Wildman–Crippen LogP) is 0.793. The fourth-order valence-corrected chi connectivity index (χ4v) is 2.63. The molecule has 0 spiro atoms. The van der Waals surface area contributed by atoms with E-state index in [9.17, 15) is 9.59 Å². The molecule has 0 aromatic heterocycles. The normalized spacial score (nSPS) is 17.8. The van der Waals surface area contributed by atoms with Crippen LogP contribution in [0.25, 0.3) is 0 Å². The van der Waals surface area contributed by atoms with Gasteiger partial charge in [0.2, 0.25) is 11.8 Å². The van der Waals surface area contributed by atoms with Gasteiger partial charge in [0, 0.05) is 50.8 Å². The first-order chi connectivity index (χ1) is 11.1. The lowest BCUT2D eigenvalue weighted by Crippen LogP contribution is -2.54. The predicted molar refractivity (Wildman–Crippen MR) is 88.2 cm³/mol. The van der Waals surface area contributed by atoms with Gasteiger partial charge in [0.05, 0.1) is 0 Å². The molecule has 0 bridgehead atoms. The third-order valence-corrected chi connectivity index (χ3v) is 3.96. The van der Waals surface area contributed by atoms with Crippen molar-refractivity contribution < 1.29 is 14.3 Å². The van der Waals surface area contributed by atoms with Gasteiger partial charge < -0.3 is 20.3 Å². The maximum Gasteiger partial charge on any atom is 0.248 e. The van der Waals surface area contributed by atoms with E-state index in [1.165, 1.54) is 7.11 Å². The number of ether oxygens (including phenoxy) is 1. The van der Waals surface area contributed by atoms with E-state index in [0.717, 1.165) is 5.56 Å². The fourth-order valence-electron chi connectivity index (χ4n) is 2.50. The summed E-state index contributed by atoms with van der Waals surface area (Å²) >= 11 is 5.83. The minimum Gasteiger partial charge on any atom is -0.375 e. The molecule has 2 N–H and O–H groups in total. The van der Waals surface area contributed by atoms with Gasteiger partial charge in [-0.25, -0.2) is 0 Å². The van der Waals surface area contributed by atoms with Crippen LogP contribution in [0.1, 0.15) is 12.0 Å². The van der Waals surface area contributed by atoms with Crippen molar-refractivity contribution in [3.8, 4) is 0 Å². The van der Waals surface area contributed by atoms with Crippen LogP contribution in [0, 0.1) is 0 Å². The van der Waals surface area contributed by atoms with E-state index in [1.54, 1.807) is 17.0 Å². The average molecular weight is 340 g/mol. The average Bonchev–Trinajstić information content (AvgIpc) is 2.55. The Morgan fingerprint density at radius 3 is 2.83 bits per heavy atom. The Morgan fingerprint density at radius 2 is 2.13 bits per heavy atom. The van der Waals surface area contributed by atoms with Gasteiger partial charge in [-0.05, 0) is 17.7 Å². The molecule has 1 atom stereocenters. The van der Waals surface area contributed by atoms with Crippen LogP contribution in [-0.2, 0) is 20.9 Å². The van der Waals surface area contributed by atoms with Crippen molar-refractivity contribution >= 4 is 23.4 Å². The van der Waals surface area contributed by atoms with Crippen molar-refractivity contribution in [3.05, 3.63) is 34.9 Å². The fraction of sp³-hybridized carbons (Fsp3) is 0.500. The maximum absolute atomic E-state index is 12.0. The third kappa shape index (κ3) is 5.82. The first-order valence-electron chi connectivity index (χ1n) is 7.59.